The van der Waals surface area contributed by atoms with Gasteiger partial charge in [0.05, 0.1) is 23.9 Å². The van der Waals surface area contributed by atoms with Crippen LogP contribution in [0.2, 0.25) is 0 Å². The topological polar surface area (TPSA) is 74.1 Å². The smallest absolute Gasteiger partial charge is 0.341 e. The molecule has 6 nitrogen and oxygen atoms in total. The van der Waals surface area contributed by atoms with Gasteiger partial charge in [-0.05, 0) is 19.1 Å². The first-order valence-corrected chi connectivity index (χ1v) is 5.38. The van der Waals surface area contributed by atoms with Crippen molar-refractivity contribution < 1.29 is 14.3 Å². The van der Waals surface area contributed by atoms with Gasteiger partial charge in [-0.3, -0.25) is 4.79 Å². The number of carbonyl (C=O) groups is 2. The van der Waals surface area contributed by atoms with Crippen LogP contribution in [0.3, 0.4) is 0 Å². The number of aromatic nitrogens is 3. The van der Waals surface area contributed by atoms with E-state index in [-0.39, 0.29) is 0 Å². The Morgan fingerprint density at radius 1 is 1.56 bits per heavy atom. The summed E-state index contributed by atoms with van der Waals surface area (Å²) in [6.07, 6.45) is 5.09. The second-order valence-electron chi connectivity index (χ2n) is 3.43. The van der Waals surface area contributed by atoms with E-state index in [4.69, 9.17) is 4.74 Å². The monoisotopic (exact) mass is 245 g/mol. The summed E-state index contributed by atoms with van der Waals surface area (Å²) in [6.45, 7) is 2.03. The molecule has 2 aromatic rings. The summed E-state index contributed by atoms with van der Waals surface area (Å²) in [5, 5.41) is 3.99. The normalized spacial score (nSPS) is 10.1. The van der Waals surface area contributed by atoms with Crippen LogP contribution >= 0.6 is 0 Å². The first-order chi connectivity index (χ1) is 8.76. The summed E-state index contributed by atoms with van der Waals surface area (Å²) in [4.78, 5) is 26.4. The lowest BCUT2D eigenvalue weighted by molar-refractivity contribution is 0.0526. The molecule has 18 heavy (non-hydrogen) atoms. The SMILES string of the molecule is CCOC(=O)c1cnn(-c2ncccc2C=O)c1. The van der Waals surface area contributed by atoms with Crippen molar-refractivity contribution in [3.63, 3.8) is 0 Å². The average Bonchev–Trinajstić information content (AvgIpc) is 2.88. The fourth-order valence-corrected chi connectivity index (χ4v) is 1.45. The molecule has 0 spiro atoms. The Morgan fingerprint density at radius 2 is 2.39 bits per heavy atom. The maximum atomic E-state index is 11.5. The van der Waals surface area contributed by atoms with Crippen LogP contribution < -0.4 is 0 Å². The van der Waals surface area contributed by atoms with Gasteiger partial charge in [0.2, 0.25) is 0 Å². The van der Waals surface area contributed by atoms with Crippen molar-refractivity contribution >= 4 is 12.3 Å². The molecule has 0 saturated carbocycles. The lowest BCUT2D eigenvalue weighted by atomic mass is 10.3. The summed E-state index contributed by atoms with van der Waals surface area (Å²) < 4.78 is 6.22. The minimum atomic E-state index is -0.452. The molecular weight excluding hydrogens is 234 g/mol. The number of ether oxygens (including phenoxy) is 1. The van der Waals surface area contributed by atoms with Crippen LogP contribution in [-0.4, -0.2) is 33.6 Å². The Morgan fingerprint density at radius 3 is 3.11 bits per heavy atom. The van der Waals surface area contributed by atoms with Gasteiger partial charge < -0.3 is 4.74 Å². The van der Waals surface area contributed by atoms with Gasteiger partial charge >= 0.3 is 5.97 Å². The largest absolute Gasteiger partial charge is 0.462 e. The lowest BCUT2D eigenvalue weighted by Gasteiger charge is -2.02. The maximum Gasteiger partial charge on any atom is 0.341 e. The standard InChI is InChI=1S/C12H11N3O3/c1-2-18-12(17)10-6-14-15(7-10)11-9(8-16)4-3-5-13-11/h3-8H,2H2,1H3. The minimum Gasteiger partial charge on any atom is -0.462 e. The molecule has 0 saturated heterocycles. The first kappa shape index (κ1) is 12.0. The fraction of sp³-hybridized carbons (Fsp3) is 0.167. The molecule has 92 valence electrons. The van der Waals surface area contributed by atoms with Crippen LogP contribution in [0.5, 0.6) is 0 Å². The molecule has 2 heterocycles. The molecule has 0 N–H and O–H groups in total. The van der Waals surface area contributed by atoms with Crippen molar-refractivity contribution in [2.75, 3.05) is 6.61 Å². The summed E-state index contributed by atoms with van der Waals surface area (Å²) in [7, 11) is 0. The second-order valence-corrected chi connectivity index (χ2v) is 3.43. The van der Waals surface area contributed by atoms with Gasteiger partial charge in [0, 0.05) is 12.4 Å². The van der Waals surface area contributed by atoms with Crippen molar-refractivity contribution in [2.45, 2.75) is 6.92 Å². The highest BCUT2D eigenvalue weighted by Crippen LogP contribution is 2.10. The number of aldehydes is 1. The maximum absolute atomic E-state index is 11.5. The van der Waals surface area contributed by atoms with Crippen molar-refractivity contribution in [2.24, 2.45) is 0 Å². The summed E-state index contributed by atoms with van der Waals surface area (Å²) in [6, 6.07) is 3.28. The average molecular weight is 245 g/mol. The zero-order valence-electron chi connectivity index (χ0n) is 9.74. The highest BCUT2D eigenvalue weighted by molar-refractivity contribution is 5.89. The predicted octanol–water partition coefficient (Wildman–Crippen LogP) is 1.26. The second kappa shape index (κ2) is 5.22. The number of esters is 1. The van der Waals surface area contributed by atoms with E-state index in [2.05, 4.69) is 10.1 Å². The zero-order chi connectivity index (χ0) is 13.0. The number of carbonyl (C=O) groups excluding carboxylic acids is 2. The van der Waals surface area contributed by atoms with E-state index in [0.29, 0.717) is 29.8 Å². The molecule has 0 unspecified atom stereocenters. The molecule has 2 rings (SSSR count). The van der Waals surface area contributed by atoms with E-state index >= 15 is 0 Å². The number of rotatable bonds is 4. The van der Waals surface area contributed by atoms with Gasteiger partial charge in [-0.25, -0.2) is 14.5 Å². The van der Waals surface area contributed by atoms with Crippen LogP contribution in [-0.2, 0) is 4.74 Å². The molecule has 0 aliphatic carbocycles. The van der Waals surface area contributed by atoms with E-state index in [1.54, 1.807) is 25.3 Å². The molecule has 0 aromatic carbocycles. The third-order valence-corrected chi connectivity index (χ3v) is 2.25. The molecule has 0 bridgehead atoms. The third kappa shape index (κ3) is 2.27. The highest BCUT2D eigenvalue weighted by Gasteiger charge is 2.12. The van der Waals surface area contributed by atoms with Gasteiger partial charge in [0.25, 0.3) is 0 Å². The molecule has 0 aliphatic heterocycles. The van der Waals surface area contributed by atoms with Crippen LogP contribution in [0.15, 0.2) is 30.7 Å². The Balaban J connectivity index is 2.35. The summed E-state index contributed by atoms with van der Waals surface area (Å²) >= 11 is 0. The number of nitrogens with zero attached hydrogens (tertiary/aromatic N) is 3. The van der Waals surface area contributed by atoms with E-state index in [1.807, 2.05) is 0 Å². The van der Waals surface area contributed by atoms with Gasteiger partial charge in [0.1, 0.15) is 0 Å². The van der Waals surface area contributed by atoms with E-state index in [1.165, 1.54) is 17.1 Å². The fourth-order valence-electron chi connectivity index (χ4n) is 1.45. The Bertz CT molecular complexity index is 577. The molecule has 0 amide bonds. The highest BCUT2D eigenvalue weighted by atomic mass is 16.5. The van der Waals surface area contributed by atoms with Crippen LogP contribution in [0.1, 0.15) is 27.6 Å². The molecule has 6 heteroatoms. The zero-order valence-corrected chi connectivity index (χ0v) is 9.74. The van der Waals surface area contributed by atoms with Crippen molar-refractivity contribution in [1.82, 2.24) is 14.8 Å². The predicted molar refractivity (Wildman–Crippen MR) is 62.7 cm³/mol. The minimum absolute atomic E-state index is 0.299. The summed E-state index contributed by atoms with van der Waals surface area (Å²) in [5.41, 5.74) is 0.718. The van der Waals surface area contributed by atoms with Crippen LogP contribution in [0, 0.1) is 0 Å². The van der Waals surface area contributed by atoms with Gasteiger partial charge in [-0.1, -0.05) is 0 Å². The molecule has 2 aromatic heterocycles. The van der Waals surface area contributed by atoms with E-state index in [0.717, 1.165) is 0 Å². The quantitative estimate of drug-likeness (QED) is 0.598. The van der Waals surface area contributed by atoms with Crippen molar-refractivity contribution in [1.29, 1.82) is 0 Å². The van der Waals surface area contributed by atoms with E-state index < -0.39 is 5.97 Å². The van der Waals surface area contributed by atoms with Crippen molar-refractivity contribution in [3.8, 4) is 5.82 Å². The van der Waals surface area contributed by atoms with Gasteiger partial charge in [-0.15, -0.1) is 0 Å². The van der Waals surface area contributed by atoms with Crippen LogP contribution in [0.4, 0.5) is 0 Å². The first-order valence-electron chi connectivity index (χ1n) is 5.38. The van der Waals surface area contributed by atoms with E-state index in [9.17, 15) is 9.59 Å². The number of pyridine rings is 1. The molecule has 0 atom stereocenters. The van der Waals surface area contributed by atoms with Crippen LogP contribution in [0.25, 0.3) is 5.82 Å². The van der Waals surface area contributed by atoms with Gasteiger partial charge in [0.15, 0.2) is 12.1 Å². The Kier molecular flexibility index (Phi) is 3.47. The molecular formula is C12H11N3O3. The number of hydrogen-bond acceptors (Lipinski definition) is 5. The summed E-state index contributed by atoms with van der Waals surface area (Å²) in [5.74, 6) is -0.0737. The molecule has 0 aliphatic rings. The third-order valence-electron chi connectivity index (χ3n) is 2.25. The van der Waals surface area contributed by atoms with Gasteiger partial charge in [-0.2, -0.15) is 5.10 Å². The molecule has 0 radical (unpaired) electrons. The lowest BCUT2D eigenvalue weighted by Crippen LogP contribution is -2.04. The number of hydrogen-bond donors (Lipinski definition) is 0. The Hall–Kier alpha value is -2.50. The van der Waals surface area contributed by atoms with Crippen molar-refractivity contribution in [3.05, 3.63) is 41.9 Å². The molecule has 0 fully saturated rings. The Labute approximate surface area is 103 Å².